The van der Waals surface area contributed by atoms with Gasteiger partial charge in [-0.1, -0.05) is 24.3 Å². The Hall–Kier alpha value is -2.45. The first-order valence-electron chi connectivity index (χ1n) is 7.61. The lowest BCUT2D eigenvalue weighted by Gasteiger charge is -2.07. The molecule has 130 valence electrons. The first kappa shape index (κ1) is 17.4. The lowest BCUT2D eigenvalue weighted by molar-refractivity contribution is -0.142. The normalized spacial score (nSPS) is 11.4. The van der Waals surface area contributed by atoms with Gasteiger partial charge in [0.1, 0.15) is 10.0 Å². The Bertz CT molecular complexity index is 979. The van der Waals surface area contributed by atoms with Gasteiger partial charge in [0.25, 0.3) is 10.0 Å². The molecule has 0 spiro atoms. The lowest BCUT2D eigenvalue weighted by Crippen LogP contribution is -2.14. The summed E-state index contributed by atoms with van der Waals surface area (Å²) < 4.78 is 33.6. The Labute approximate surface area is 149 Å². The number of carbonyl (C=O) groups is 1. The number of pyridine rings is 1. The van der Waals surface area contributed by atoms with Crippen molar-refractivity contribution in [1.82, 2.24) is 4.98 Å². The zero-order valence-corrected chi connectivity index (χ0v) is 15.1. The highest BCUT2D eigenvalue weighted by atomic mass is 32.2. The van der Waals surface area contributed by atoms with Crippen molar-refractivity contribution >= 4 is 43.2 Å². The first-order valence-corrected chi connectivity index (χ1v) is 9.91. The highest BCUT2D eigenvalue weighted by Crippen LogP contribution is 2.29. The second kappa shape index (κ2) is 7.20. The largest absolute Gasteiger partial charge is 0.466 e. The summed E-state index contributed by atoms with van der Waals surface area (Å²) in [5.41, 5.74) is 0.440. The van der Waals surface area contributed by atoms with Crippen LogP contribution in [-0.2, 0) is 26.0 Å². The van der Waals surface area contributed by atoms with E-state index in [1.807, 2.05) is 24.3 Å². The van der Waals surface area contributed by atoms with Crippen LogP contribution in [0, 0.1) is 0 Å². The van der Waals surface area contributed by atoms with E-state index < -0.39 is 16.0 Å². The highest BCUT2D eigenvalue weighted by molar-refractivity contribution is 7.94. The van der Waals surface area contributed by atoms with Gasteiger partial charge in [-0.3, -0.25) is 9.52 Å². The second-order valence-corrected chi connectivity index (χ2v) is 8.20. The number of nitrogens with one attached hydrogen (secondary N) is 1. The average molecular weight is 376 g/mol. The van der Waals surface area contributed by atoms with E-state index in [0.29, 0.717) is 5.69 Å². The molecule has 1 N–H and O–H groups in total. The number of nitrogens with zero attached hydrogens (tertiary/aromatic N) is 1. The van der Waals surface area contributed by atoms with Gasteiger partial charge in [-0.2, -0.15) is 0 Å². The van der Waals surface area contributed by atoms with E-state index in [-0.39, 0.29) is 23.1 Å². The summed E-state index contributed by atoms with van der Waals surface area (Å²) in [4.78, 5) is 15.7. The topological polar surface area (TPSA) is 85.4 Å². The molecule has 2 heterocycles. The molecular weight excluding hydrogens is 360 g/mol. The number of aromatic nitrogens is 1. The van der Waals surface area contributed by atoms with Gasteiger partial charge in [0.05, 0.1) is 18.7 Å². The standard InChI is InChI=1S/C17H16N2O4S2/c1-2-23-16(20)11-13-7-5-9-15(18-13)19-25(21,22)17-10-12-6-3-4-8-14(12)24-17/h3-10H,2,11H2,1H3,(H,18,19). The fraction of sp³-hybridized carbons (Fsp3) is 0.176. The molecule has 0 atom stereocenters. The van der Waals surface area contributed by atoms with Crippen LogP contribution < -0.4 is 4.72 Å². The summed E-state index contributed by atoms with van der Waals surface area (Å²) in [6, 6.07) is 13.9. The van der Waals surface area contributed by atoms with Gasteiger partial charge >= 0.3 is 5.97 Å². The number of rotatable bonds is 6. The van der Waals surface area contributed by atoms with Crippen LogP contribution in [0.5, 0.6) is 0 Å². The Morgan fingerprint density at radius 3 is 2.76 bits per heavy atom. The molecule has 2 aromatic heterocycles. The van der Waals surface area contributed by atoms with Gasteiger partial charge in [-0.15, -0.1) is 11.3 Å². The number of anilines is 1. The SMILES string of the molecule is CCOC(=O)Cc1cccc(NS(=O)(=O)c2cc3ccccc3s2)n1. The molecule has 0 amide bonds. The van der Waals surface area contributed by atoms with Crippen molar-refractivity contribution in [2.24, 2.45) is 0 Å². The Kier molecular flexibility index (Phi) is 5.00. The molecule has 0 bridgehead atoms. The fourth-order valence-corrected chi connectivity index (χ4v) is 4.67. The molecule has 0 saturated heterocycles. The van der Waals surface area contributed by atoms with Crippen LogP contribution in [0.15, 0.2) is 52.7 Å². The third kappa shape index (κ3) is 4.15. The Morgan fingerprint density at radius 2 is 2.00 bits per heavy atom. The van der Waals surface area contributed by atoms with Gasteiger partial charge in [0.15, 0.2) is 0 Å². The molecule has 0 radical (unpaired) electrons. The Morgan fingerprint density at radius 1 is 1.20 bits per heavy atom. The summed E-state index contributed by atoms with van der Waals surface area (Å²) in [5.74, 6) is -0.237. The second-order valence-electron chi connectivity index (χ2n) is 5.20. The van der Waals surface area contributed by atoms with Crippen LogP contribution in [-0.4, -0.2) is 26.0 Å². The van der Waals surface area contributed by atoms with Gasteiger partial charge in [-0.05, 0) is 36.6 Å². The van der Waals surface area contributed by atoms with Crippen molar-refractivity contribution in [2.75, 3.05) is 11.3 Å². The molecule has 6 nitrogen and oxygen atoms in total. The number of sulfonamides is 1. The Balaban J connectivity index is 1.82. The monoisotopic (exact) mass is 376 g/mol. The predicted octanol–water partition coefficient (Wildman–Crippen LogP) is 3.20. The maximum atomic E-state index is 12.6. The number of esters is 1. The maximum Gasteiger partial charge on any atom is 0.311 e. The third-order valence-corrected chi connectivity index (χ3v) is 6.29. The van der Waals surface area contributed by atoms with Crippen LogP contribution in [0.2, 0.25) is 0 Å². The number of carbonyl (C=O) groups excluding carboxylic acids is 1. The summed E-state index contributed by atoms with van der Waals surface area (Å²) >= 11 is 1.19. The van der Waals surface area contributed by atoms with Gasteiger partial charge < -0.3 is 4.74 Å². The molecule has 25 heavy (non-hydrogen) atoms. The number of hydrogen-bond acceptors (Lipinski definition) is 6. The van der Waals surface area contributed by atoms with Gasteiger partial charge in [-0.25, -0.2) is 13.4 Å². The van der Waals surface area contributed by atoms with Crippen LogP contribution >= 0.6 is 11.3 Å². The lowest BCUT2D eigenvalue weighted by atomic mass is 10.3. The van der Waals surface area contributed by atoms with Crippen molar-refractivity contribution in [3.05, 3.63) is 54.2 Å². The maximum absolute atomic E-state index is 12.6. The fourth-order valence-electron chi connectivity index (χ4n) is 2.27. The molecule has 1 aromatic carbocycles. The van der Waals surface area contributed by atoms with E-state index in [9.17, 15) is 13.2 Å². The van der Waals surface area contributed by atoms with E-state index in [4.69, 9.17) is 4.74 Å². The molecular formula is C17H16N2O4S2. The molecule has 0 aliphatic carbocycles. The minimum atomic E-state index is -3.74. The molecule has 3 rings (SSSR count). The zero-order valence-electron chi connectivity index (χ0n) is 13.4. The summed E-state index contributed by atoms with van der Waals surface area (Å²) in [6.07, 6.45) is -0.00764. The number of fused-ring (bicyclic) bond motifs is 1. The molecule has 3 aromatic rings. The van der Waals surface area contributed by atoms with Gasteiger partial charge in [0.2, 0.25) is 0 Å². The van der Waals surface area contributed by atoms with Gasteiger partial charge in [0, 0.05) is 4.70 Å². The smallest absolute Gasteiger partial charge is 0.311 e. The van der Waals surface area contributed by atoms with E-state index >= 15 is 0 Å². The van der Waals surface area contributed by atoms with Crippen LogP contribution in [0.4, 0.5) is 5.82 Å². The van der Waals surface area contributed by atoms with E-state index in [1.165, 1.54) is 11.3 Å². The number of hydrogen-bond donors (Lipinski definition) is 1. The van der Waals surface area contributed by atoms with E-state index in [2.05, 4.69) is 9.71 Å². The quantitative estimate of drug-likeness (QED) is 0.668. The molecule has 8 heteroatoms. The van der Waals surface area contributed by atoms with Crippen molar-refractivity contribution in [3.8, 4) is 0 Å². The van der Waals surface area contributed by atoms with E-state index in [1.54, 1.807) is 31.2 Å². The molecule has 0 unspecified atom stereocenters. The van der Waals surface area contributed by atoms with Crippen LogP contribution in [0.3, 0.4) is 0 Å². The molecule has 0 fully saturated rings. The van der Waals surface area contributed by atoms with Crippen LogP contribution in [0.25, 0.3) is 10.1 Å². The zero-order chi connectivity index (χ0) is 17.9. The van der Waals surface area contributed by atoms with Crippen molar-refractivity contribution in [2.45, 2.75) is 17.6 Å². The first-order chi connectivity index (χ1) is 12.0. The molecule has 0 saturated carbocycles. The molecule has 0 aliphatic heterocycles. The van der Waals surface area contributed by atoms with Crippen molar-refractivity contribution in [3.63, 3.8) is 0 Å². The summed E-state index contributed by atoms with van der Waals surface area (Å²) in [5, 5.41) is 0.872. The number of benzene rings is 1. The predicted molar refractivity (Wildman–Crippen MR) is 97.2 cm³/mol. The van der Waals surface area contributed by atoms with Crippen molar-refractivity contribution < 1.29 is 17.9 Å². The van der Waals surface area contributed by atoms with Crippen LogP contribution in [0.1, 0.15) is 12.6 Å². The third-order valence-electron chi connectivity index (χ3n) is 3.34. The van der Waals surface area contributed by atoms with Crippen molar-refractivity contribution in [1.29, 1.82) is 0 Å². The molecule has 0 aliphatic rings. The number of thiophene rings is 1. The highest BCUT2D eigenvalue weighted by Gasteiger charge is 2.18. The summed E-state index contributed by atoms with van der Waals surface area (Å²) in [6.45, 7) is 2.01. The average Bonchev–Trinajstić information content (AvgIpc) is 3.00. The van der Waals surface area contributed by atoms with E-state index in [0.717, 1.165) is 10.1 Å². The minimum Gasteiger partial charge on any atom is -0.466 e. The number of ether oxygens (including phenoxy) is 1. The summed E-state index contributed by atoms with van der Waals surface area (Å²) in [7, 11) is -3.74. The minimum absolute atomic E-state index is 0.00764.